The first-order valence-electron chi connectivity index (χ1n) is 12.1. The maximum absolute atomic E-state index is 14.6. The maximum Gasteiger partial charge on any atom is 0.242 e. The van der Waals surface area contributed by atoms with Crippen molar-refractivity contribution in [1.29, 1.82) is 0 Å². The fourth-order valence-electron chi connectivity index (χ4n) is 4.14. The summed E-state index contributed by atoms with van der Waals surface area (Å²) in [5.41, 5.74) is 1.56. The predicted octanol–water partition coefficient (Wildman–Crippen LogP) is 4.41. The monoisotopic (exact) mass is 559 g/mol. The molecule has 3 aromatic rings. The van der Waals surface area contributed by atoms with Crippen molar-refractivity contribution in [1.82, 2.24) is 10.2 Å². The highest BCUT2D eigenvalue weighted by Crippen LogP contribution is 2.22. The summed E-state index contributed by atoms with van der Waals surface area (Å²) in [5, 5.41) is 3.09. The van der Waals surface area contributed by atoms with Gasteiger partial charge in [-0.05, 0) is 42.3 Å². The minimum absolute atomic E-state index is 0.0447. The Morgan fingerprint density at radius 1 is 0.974 bits per heavy atom. The zero-order chi connectivity index (χ0) is 27.7. The third-order valence-electron chi connectivity index (χ3n) is 6.08. The standard InChI is InChI=1S/C28H31ClFN3O4S/c1-31-28(35)26(19-21-9-4-3-5-10-21)32(20-22-11-6-7-12-25(22)30)27(34)13-8-18-33(38(2,36)37)24-16-14-23(29)15-17-24/h3-7,9-12,14-17,26H,8,13,18-20H2,1-2H3,(H,31,35)/t26-/m0/s1. The molecule has 0 bridgehead atoms. The first kappa shape index (κ1) is 29.1. The summed E-state index contributed by atoms with van der Waals surface area (Å²) in [6, 6.07) is 20.8. The van der Waals surface area contributed by atoms with Crippen LogP contribution in [0.25, 0.3) is 0 Å². The van der Waals surface area contributed by atoms with E-state index in [0.717, 1.165) is 11.8 Å². The molecule has 0 aromatic heterocycles. The summed E-state index contributed by atoms with van der Waals surface area (Å²) >= 11 is 5.94. The van der Waals surface area contributed by atoms with E-state index in [2.05, 4.69) is 5.32 Å². The second-order valence-corrected chi connectivity index (χ2v) is 11.2. The molecule has 7 nitrogen and oxygen atoms in total. The molecule has 202 valence electrons. The lowest BCUT2D eigenvalue weighted by Gasteiger charge is -2.31. The van der Waals surface area contributed by atoms with Crippen molar-refractivity contribution in [3.63, 3.8) is 0 Å². The molecule has 3 aromatic carbocycles. The van der Waals surface area contributed by atoms with Crippen molar-refractivity contribution >= 4 is 39.1 Å². The van der Waals surface area contributed by atoms with E-state index in [0.29, 0.717) is 10.7 Å². The number of carbonyl (C=O) groups is 2. The van der Waals surface area contributed by atoms with E-state index in [9.17, 15) is 22.4 Å². The Kier molecular flexibility index (Phi) is 10.3. The Balaban J connectivity index is 1.84. The summed E-state index contributed by atoms with van der Waals surface area (Å²) < 4.78 is 40.7. The molecular weight excluding hydrogens is 529 g/mol. The number of rotatable bonds is 12. The van der Waals surface area contributed by atoms with Crippen LogP contribution < -0.4 is 9.62 Å². The van der Waals surface area contributed by atoms with Crippen LogP contribution in [0.4, 0.5) is 10.1 Å². The largest absolute Gasteiger partial charge is 0.357 e. The van der Waals surface area contributed by atoms with Gasteiger partial charge in [0.15, 0.2) is 0 Å². The highest BCUT2D eigenvalue weighted by atomic mass is 35.5. The number of benzene rings is 3. The zero-order valence-corrected chi connectivity index (χ0v) is 22.9. The van der Waals surface area contributed by atoms with E-state index >= 15 is 0 Å². The Bertz CT molecular complexity index is 1340. The van der Waals surface area contributed by atoms with E-state index in [4.69, 9.17) is 11.6 Å². The number of halogens is 2. The summed E-state index contributed by atoms with van der Waals surface area (Å²) in [4.78, 5) is 27.9. The van der Waals surface area contributed by atoms with Crippen LogP contribution in [0.3, 0.4) is 0 Å². The molecule has 0 saturated heterocycles. The van der Waals surface area contributed by atoms with E-state index in [1.807, 2.05) is 30.3 Å². The first-order valence-corrected chi connectivity index (χ1v) is 14.3. The van der Waals surface area contributed by atoms with Crippen LogP contribution in [-0.2, 0) is 32.6 Å². The van der Waals surface area contributed by atoms with Crippen molar-refractivity contribution in [2.45, 2.75) is 31.8 Å². The number of likely N-dealkylation sites (N-methyl/N-ethyl adjacent to an activating group) is 1. The molecule has 0 fully saturated rings. The fourth-order valence-corrected chi connectivity index (χ4v) is 5.23. The number of anilines is 1. The van der Waals surface area contributed by atoms with Gasteiger partial charge in [0.25, 0.3) is 0 Å². The minimum atomic E-state index is -3.63. The van der Waals surface area contributed by atoms with Gasteiger partial charge in [-0.25, -0.2) is 12.8 Å². The van der Waals surface area contributed by atoms with Gasteiger partial charge in [-0.2, -0.15) is 0 Å². The maximum atomic E-state index is 14.6. The first-order chi connectivity index (χ1) is 18.1. The van der Waals surface area contributed by atoms with Crippen LogP contribution in [0.15, 0.2) is 78.9 Å². The van der Waals surface area contributed by atoms with Gasteiger partial charge in [0.05, 0.1) is 11.9 Å². The van der Waals surface area contributed by atoms with Gasteiger partial charge in [-0.3, -0.25) is 13.9 Å². The van der Waals surface area contributed by atoms with Crippen LogP contribution in [0.1, 0.15) is 24.0 Å². The molecule has 38 heavy (non-hydrogen) atoms. The van der Waals surface area contributed by atoms with E-state index in [1.165, 1.54) is 22.3 Å². The summed E-state index contributed by atoms with van der Waals surface area (Å²) in [7, 11) is -2.14. The van der Waals surface area contributed by atoms with Crippen molar-refractivity contribution in [2.24, 2.45) is 0 Å². The number of carbonyl (C=O) groups excluding carboxylic acids is 2. The third kappa shape index (κ3) is 8.03. The van der Waals surface area contributed by atoms with E-state index in [1.54, 1.807) is 42.5 Å². The molecule has 2 amide bonds. The lowest BCUT2D eigenvalue weighted by Crippen LogP contribution is -2.50. The number of amides is 2. The average Bonchev–Trinajstić information content (AvgIpc) is 2.89. The summed E-state index contributed by atoms with van der Waals surface area (Å²) in [6.07, 6.45) is 1.47. The third-order valence-corrected chi connectivity index (χ3v) is 7.53. The van der Waals surface area contributed by atoms with Gasteiger partial charge in [0.1, 0.15) is 11.9 Å². The van der Waals surface area contributed by atoms with Crippen LogP contribution in [0, 0.1) is 5.82 Å². The number of sulfonamides is 1. The quantitative estimate of drug-likeness (QED) is 0.356. The second-order valence-electron chi connectivity index (χ2n) is 8.85. The molecule has 0 aliphatic rings. The normalized spacial score (nSPS) is 12.0. The van der Waals surface area contributed by atoms with E-state index < -0.39 is 21.9 Å². The summed E-state index contributed by atoms with van der Waals surface area (Å²) in [6.45, 7) is -0.0630. The molecule has 0 radical (unpaired) electrons. The van der Waals surface area contributed by atoms with Crippen LogP contribution in [0.5, 0.6) is 0 Å². The Labute approximate surface area is 228 Å². The van der Waals surface area contributed by atoms with Crippen molar-refractivity contribution in [3.05, 3.63) is 101 Å². The lowest BCUT2D eigenvalue weighted by molar-refractivity contribution is -0.141. The average molecular weight is 560 g/mol. The smallest absolute Gasteiger partial charge is 0.242 e. The number of hydrogen-bond donors (Lipinski definition) is 1. The molecule has 0 aliphatic carbocycles. The molecule has 0 unspecified atom stereocenters. The van der Waals surface area contributed by atoms with Gasteiger partial charge in [-0.15, -0.1) is 0 Å². The fraction of sp³-hybridized carbons (Fsp3) is 0.286. The van der Waals surface area contributed by atoms with Gasteiger partial charge in [0, 0.05) is 43.6 Å². The molecule has 0 saturated carbocycles. The molecular formula is C28H31ClFN3O4S. The number of nitrogens with one attached hydrogen (secondary N) is 1. The molecule has 3 rings (SSSR count). The Hall–Kier alpha value is -3.43. The highest BCUT2D eigenvalue weighted by Gasteiger charge is 2.30. The number of nitrogens with zero attached hydrogens (tertiary/aromatic N) is 2. The Morgan fingerprint density at radius 3 is 2.21 bits per heavy atom. The van der Waals surface area contributed by atoms with Gasteiger partial charge in [0.2, 0.25) is 21.8 Å². The van der Waals surface area contributed by atoms with Crippen LogP contribution in [-0.4, -0.2) is 51.0 Å². The summed E-state index contributed by atoms with van der Waals surface area (Å²) in [5.74, 6) is -1.24. The highest BCUT2D eigenvalue weighted by molar-refractivity contribution is 7.92. The van der Waals surface area contributed by atoms with Gasteiger partial charge >= 0.3 is 0 Å². The molecule has 1 N–H and O–H groups in total. The second kappa shape index (κ2) is 13.4. The van der Waals surface area contributed by atoms with Crippen molar-refractivity contribution in [3.8, 4) is 0 Å². The van der Waals surface area contributed by atoms with E-state index in [-0.39, 0.29) is 49.7 Å². The van der Waals surface area contributed by atoms with Crippen molar-refractivity contribution < 1.29 is 22.4 Å². The van der Waals surface area contributed by atoms with Gasteiger partial charge in [-0.1, -0.05) is 60.1 Å². The minimum Gasteiger partial charge on any atom is -0.357 e. The van der Waals surface area contributed by atoms with Crippen molar-refractivity contribution in [2.75, 3.05) is 24.2 Å². The lowest BCUT2D eigenvalue weighted by atomic mass is 10.0. The molecule has 0 aliphatic heterocycles. The predicted molar refractivity (Wildman–Crippen MR) is 148 cm³/mol. The molecule has 0 heterocycles. The van der Waals surface area contributed by atoms with Crippen LogP contribution in [0.2, 0.25) is 5.02 Å². The van der Waals surface area contributed by atoms with Gasteiger partial charge < -0.3 is 10.2 Å². The topological polar surface area (TPSA) is 86.8 Å². The Morgan fingerprint density at radius 2 is 1.61 bits per heavy atom. The zero-order valence-electron chi connectivity index (χ0n) is 21.3. The molecule has 1 atom stereocenters. The number of hydrogen-bond acceptors (Lipinski definition) is 4. The molecule has 0 spiro atoms. The van der Waals surface area contributed by atoms with Crippen LogP contribution >= 0.6 is 11.6 Å². The molecule has 10 heteroatoms. The SMILES string of the molecule is CNC(=O)[C@H](Cc1ccccc1)N(Cc1ccccc1F)C(=O)CCCN(c1ccc(Cl)cc1)S(C)(=O)=O.